The molecule has 2 heterocycles. The van der Waals surface area contributed by atoms with Crippen molar-refractivity contribution in [2.75, 3.05) is 17.7 Å². The number of para-hydroxylation sites is 2. The number of hydrogen-bond donors (Lipinski definition) is 2. The van der Waals surface area contributed by atoms with Crippen LogP contribution in [0.1, 0.15) is 18.5 Å². The summed E-state index contributed by atoms with van der Waals surface area (Å²) in [5.74, 6) is 0.971. The fourth-order valence-corrected chi connectivity index (χ4v) is 4.10. The van der Waals surface area contributed by atoms with Crippen LogP contribution in [0.15, 0.2) is 84.3 Å². The lowest BCUT2D eigenvalue weighted by Crippen LogP contribution is -2.31. The van der Waals surface area contributed by atoms with Crippen molar-refractivity contribution in [1.29, 1.82) is 0 Å². The van der Waals surface area contributed by atoms with E-state index in [1.807, 2.05) is 55.5 Å². The van der Waals surface area contributed by atoms with Crippen LogP contribution in [0.5, 0.6) is 5.75 Å². The van der Waals surface area contributed by atoms with Gasteiger partial charge in [0.1, 0.15) is 18.1 Å². The second-order valence-corrected chi connectivity index (χ2v) is 7.32. The number of methoxy groups -OCH3 is 1. The maximum absolute atomic E-state index is 13.6. The van der Waals surface area contributed by atoms with Gasteiger partial charge < -0.3 is 15.4 Å². The van der Waals surface area contributed by atoms with Crippen LogP contribution in [0.25, 0.3) is 10.8 Å². The number of benzene rings is 3. The molecule has 0 fully saturated rings. The van der Waals surface area contributed by atoms with E-state index in [-0.39, 0.29) is 5.91 Å². The number of allylic oxidation sites excluding steroid dienone is 1. The average molecular weight is 411 g/mol. The number of nitrogens with one attached hydrogen (secondary N) is 2. The third-order valence-corrected chi connectivity index (χ3v) is 5.51. The number of anilines is 2. The molecule has 0 bridgehead atoms. The Hall–Kier alpha value is -4.13. The van der Waals surface area contributed by atoms with Gasteiger partial charge in [-0.05, 0) is 35.4 Å². The molecule has 154 valence electrons. The number of carbonyl (C=O) groups excluding carboxylic acids is 1. The first-order valence-electron chi connectivity index (χ1n) is 9.96. The van der Waals surface area contributed by atoms with Gasteiger partial charge in [0.05, 0.1) is 18.4 Å². The third kappa shape index (κ3) is 3.20. The Kier molecular flexibility index (Phi) is 4.63. The zero-order chi connectivity index (χ0) is 21.4. The van der Waals surface area contributed by atoms with E-state index in [1.54, 1.807) is 11.8 Å². The molecule has 0 aliphatic carbocycles. The lowest BCUT2D eigenvalue weighted by Gasteiger charge is -2.29. The average Bonchev–Trinajstić information content (AvgIpc) is 3.26. The molecule has 1 aliphatic rings. The molecule has 0 spiro atoms. The highest BCUT2D eigenvalue weighted by atomic mass is 16.5. The van der Waals surface area contributed by atoms with Crippen LogP contribution in [0.4, 0.5) is 11.6 Å². The molecule has 0 unspecified atom stereocenters. The number of nitrogens with zero attached hydrogens (tertiary/aromatic N) is 3. The van der Waals surface area contributed by atoms with Crippen molar-refractivity contribution < 1.29 is 9.53 Å². The van der Waals surface area contributed by atoms with E-state index in [2.05, 4.69) is 38.9 Å². The van der Waals surface area contributed by atoms with Gasteiger partial charge >= 0.3 is 0 Å². The number of fused-ring (bicyclic) bond motifs is 2. The molecule has 0 radical (unpaired) electrons. The van der Waals surface area contributed by atoms with E-state index >= 15 is 0 Å². The van der Waals surface area contributed by atoms with E-state index in [0.717, 1.165) is 22.0 Å². The first-order valence-corrected chi connectivity index (χ1v) is 9.96. The Morgan fingerprint density at radius 1 is 1.06 bits per heavy atom. The lowest BCUT2D eigenvalue weighted by atomic mass is 9.91. The van der Waals surface area contributed by atoms with Crippen molar-refractivity contribution in [2.24, 2.45) is 0 Å². The van der Waals surface area contributed by atoms with Crippen LogP contribution in [-0.4, -0.2) is 27.8 Å². The van der Waals surface area contributed by atoms with Crippen LogP contribution in [0.2, 0.25) is 0 Å². The van der Waals surface area contributed by atoms with Crippen molar-refractivity contribution in [3.8, 4) is 5.75 Å². The molecule has 3 aromatic carbocycles. The summed E-state index contributed by atoms with van der Waals surface area (Å²) in [6, 6.07) is 21.2. The van der Waals surface area contributed by atoms with E-state index in [1.165, 1.54) is 6.33 Å². The molecule has 0 saturated heterocycles. The minimum absolute atomic E-state index is 0.228. The van der Waals surface area contributed by atoms with Crippen LogP contribution in [0.3, 0.4) is 0 Å². The molecule has 7 heteroatoms. The minimum atomic E-state index is -0.431. The molecule has 4 aromatic rings. The summed E-state index contributed by atoms with van der Waals surface area (Å²) in [4.78, 5) is 17.9. The number of aromatic nitrogens is 3. The maximum Gasteiger partial charge on any atom is 0.255 e. The van der Waals surface area contributed by atoms with E-state index < -0.39 is 6.04 Å². The Morgan fingerprint density at radius 2 is 1.84 bits per heavy atom. The van der Waals surface area contributed by atoms with Gasteiger partial charge in [0.25, 0.3) is 5.91 Å². The van der Waals surface area contributed by atoms with Crippen molar-refractivity contribution in [1.82, 2.24) is 14.8 Å². The molecule has 1 amide bonds. The zero-order valence-corrected chi connectivity index (χ0v) is 17.2. The Balaban J connectivity index is 1.65. The van der Waals surface area contributed by atoms with Crippen molar-refractivity contribution in [2.45, 2.75) is 13.0 Å². The van der Waals surface area contributed by atoms with Gasteiger partial charge in [-0.15, -0.1) is 0 Å². The van der Waals surface area contributed by atoms with Gasteiger partial charge in [-0.1, -0.05) is 54.6 Å². The highest BCUT2D eigenvalue weighted by Crippen LogP contribution is 2.38. The van der Waals surface area contributed by atoms with Crippen LogP contribution < -0.4 is 15.4 Å². The SMILES string of the molecule is COc1ccccc1NC(=O)C1=C(C)Nc2ncnn2[C@@H]1c1cccc2ccccc12. The fraction of sp³-hybridized carbons (Fsp3) is 0.125. The van der Waals surface area contributed by atoms with Gasteiger partial charge in [0, 0.05) is 5.70 Å². The van der Waals surface area contributed by atoms with Gasteiger partial charge in [-0.2, -0.15) is 10.1 Å². The summed E-state index contributed by atoms with van der Waals surface area (Å²) in [5, 5.41) is 12.8. The van der Waals surface area contributed by atoms with Crippen LogP contribution in [0, 0.1) is 0 Å². The van der Waals surface area contributed by atoms with E-state index in [0.29, 0.717) is 23.0 Å². The van der Waals surface area contributed by atoms with Crippen LogP contribution in [-0.2, 0) is 4.79 Å². The second-order valence-electron chi connectivity index (χ2n) is 7.32. The number of carbonyl (C=O) groups is 1. The summed E-state index contributed by atoms with van der Waals surface area (Å²) in [6.45, 7) is 1.88. The molecule has 0 saturated carbocycles. The lowest BCUT2D eigenvalue weighted by molar-refractivity contribution is -0.113. The summed E-state index contributed by atoms with van der Waals surface area (Å²) >= 11 is 0. The Bertz CT molecular complexity index is 1320. The van der Waals surface area contributed by atoms with Gasteiger partial charge in [0.15, 0.2) is 0 Å². The number of hydrogen-bond acceptors (Lipinski definition) is 5. The number of amides is 1. The summed E-state index contributed by atoms with van der Waals surface area (Å²) in [5.41, 5.74) is 2.89. The monoisotopic (exact) mass is 411 g/mol. The first-order chi connectivity index (χ1) is 15.2. The summed E-state index contributed by atoms with van der Waals surface area (Å²) in [7, 11) is 1.58. The molecule has 7 nitrogen and oxygen atoms in total. The zero-order valence-electron chi connectivity index (χ0n) is 17.2. The van der Waals surface area contributed by atoms with E-state index in [9.17, 15) is 4.79 Å². The summed E-state index contributed by atoms with van der Waals surface area (Å²) < 4.78 is 7.16. The van der Waals surface area contributed by atoms with Crippen molar-refractivity contribution in [3.05, 3.63) is 89.9 Å². The topological polar surface area (TPSA) is 81.1 Å². The highest BCUT2D eigenvalue weighted by Gasteiger charge is 2.34. The van der Waals surface area contributed by atoms with Crippen molar-refractivity contribution in [3.63, 3.8) is 0 Å². The Morgan fingerprint density at radius 3 is 2.71 bits per heavy atom. The third-order valence-electron chi connectivity index (χ3n) is 5.51. The molecule has 31 heavy (non-hydrogen) atoms. The summed E-state index contributed by atoms with van der Waals surface area (Å²) in [6.07, 6.45) is 1.49. The number of rotatable bonds is 4. The normalized spacial score (nSPS) is 15.4. The first kappa shape index (κ1) is 18.9. The second kappa shape index (κ2) is 7.60. The largest absolute Gasteiger partial charge is 0.495 e. The van der Waals surface area contributed by atoms with Crippen molar-refractivity contribution >= 4 is 28.3 Å². The molecule has 1 aliphatic heterocycles. The smallest absolute Gasteiger partial charge is 0.255 e. The molecular weight excluding hydrogens is 390 g/mol. The molecule has 5 rings (SSSR count). The maximum atomic E-state index is 13.6. The minimum Gasteiger partial charge on any atom is -0.495 e. The predicted octanol–water partition coefficient (Wildman–Crippen LogP) is 4.37. The van der Waals surface area contributed by atoms with Gasteiger partial charge in [0.2, 0.25) is 5.95 Å². The molecule has 1 aromatic heterocycles. The van der Waals surface area contributed by atoms with Crippen LogP contribution >= 0.6 is 0 Å². The fourth-order valence-electron chi connectivity index (χ4n) is 4.10. The molecule has 2 N–H and O–H groups in total. The van der Waals surface area contributed by atoms with E-state index in [4.69, 9.17) is 4.74 Å². The molecular formula is C24H21N5O2. The van der Waals surface area contributed by atoms with Gasteiger partial charge in [-0.25, -0.2) is 4.68 Å². The van der Waals surface area contributed by atoms with Gasteiger partial charge in [-0.3, -0.25) is 4.79 Å². The Labute approximate surface area is 179 Å². The molecule has 1 atom stereocenters. The highest BCUT2D eigenvalue weighted by molar-refractivity contribution is 6.07. The quantitative estimate of drug-likeness (QED) is 0.521. The number of ether oxygens (including phenoxy) is 1. The standard InChI is InChI=1S/C24H21N5O2/c1-15-21(23(30)28-19-12-5-6-13-20(19)31-2)22(29-24(27-15)25-14-26-29)18-11-7-9-16-8-3-4-10-17(16)18/h3-14,22H,1-2H3,(H,28,30)(H,25,26,27)/t22-/m1/s1. The predicted molar refractivity (Wildman–Crippen MR) is 120 cm³/mol.